The Labute approximate surface area is 131 Å². The SMILES string of the molecule is C[CH]SC(=O)CCCCCCCCCCCC(C)(C)C. The smallest absolute Gasteiger partial charge is 0.189 e. The summed E-state index contributed by atoms with van der Waals surface area (Å²) in [6.07, 6.45) is 14.0. The Morgan fingerprint density at radius 1 is 0.850 bits per heavy atom. The van der Waals surface area contributed by atoms with E-state index < -0.39 is 0 Å². The molecule has 0 N–H and O–H groups in total. The molecule has 0 spiro atoms. The predicted molar refractivity (Wildman–Crippen MR) is 92.8 cm³/mol. The first kappa shape index (κ1) is 20.0. The third-order valence-corrected chi connectivity index (χ3v) is 4.26. The van der Waals surface area contributed by atoms with Crippen molar-refractivity contribution < 1.29 is 4.79 Å². The van der Waals surface area contributed by atoms with Crippen molar-refractivity contribution in [2.24, 2.45) is 5.41 Å². The highest BCUT2D eigenvalue weighted by Crippen LogP contribution is 2.22. The van der Waals surface area contributed by atoms with Gasteiger partial charge in [-0.2, -0.15) is 0 Å². The molecule has 2 heteroatoms. The molecule has 119 valence electrons. The van der Waals surface area contributed by atoms with Crippen molar-refractivity contribution in [3.05, 3.63) is 5.75 Å². The van der Waals surface area contributed by atoms with Crippen LogP contribution >= 0.6 is 11.8 Å². The summed E-state index contributed by atoms with van der Waals surface area (Å²) in [6.45, 7) is 8.91. The third-order valence-electron chi connectivity index (χ3n) is 3.56. The lowest BCUT2D eigenvalue weighted by atomic mass is 9.89. The molecule has 0 aliphatic carbocycles. The summed E-state index contributed by atoms with van der Waals surface area (Å²) in [7, 11) is 0. The second-order valence-corrected chi connectivity index (χ2v) is 8.13. The average Bonchev–Trinajstić information content (AvgIpc) is 2.35. The number of unbranched alkanes of at least 4 members (excludes halogenated alkanes) is 8. The molecule has 0 aromatic carbocycles. The van der Waals surface area contributed by atoms with Crippen molar-refractivity contribution in [2.45, 2.75) is 98.3 Å². The van der Waals surface area contributed by atoms with Gasteiger partial charge in [0.05, 0.1) is 0 Å². The zero-order chi connectivity index (χ0) is 15.3. The number of hydrogen-bond donors (Lipinski definition) is 0. The third kappa shape index (κ3) is 16.1. The van der Waals surface area contributed by atoms with E-state index in [0.29, 0.717) is 10.5 Å². The molecule has 0 atom stereocenters. The van der Waals surface area contributed by atoms with Gasteiger partial charge >= 0.3 is 0 Å². The summed E-state index contributed by atoms with van der Waals surface area (Å²) >= 11 is 1.35. The van der Waals surface area contributed by atoms with Crippen LogP contribution in [-0.2, 0) is 4.79 Å². The molecule has 1 nitrogen and oxygen atoms in total. The first-order chi connectivity index (χ1) is 9.45. The molecule has 0 fully saturated rings. The van der Waals surface area contributed by atoms with Crippen molar-refractivity contribution in [1.29, 1.82) is 0 Å². The molecule has 0 bridgehead atoms. The van der Waals surface area contributed by atoms with E-state index >= 15 is 0 Å². The van der Waals surface area contributed by atoms with Gasteiger partial charge < -0.3 is 0 Å². The maximum atomic E-state index is 11.3. The van der Waals surface area contributed by atoms with Gasteiger partial charge in [-0.05, 0) is 18.3 Å². The summed E-state index contributed by atoms with van der Waals surface area (Å²) in [5.74, 6) is 1.88. The van der Waals surface area contributed by atoms with Crippen LogP contribution in [0.25, 0.3) is 0 Å². The first-order valence-corrected chi connectivity index (χ1v) is 9.31. The quantitative estimate of drug-likeness (QED) is 0.370. The van der Waals surface area contributed by atoms with Crippen molar-refractivity contribution in [1.82, 2.24) is 0 Å². The molecule has 1 radical (unpaired) electrons. The van der Waals surface area contributed by atoms with E-state index in [2.05, 4.69) is 20.8 Å². The number of hydrogen-bond acceptors (Lipinski definition) is 2. The summed E-state index contributed by atoms with van der Waals surface area (Å²) in [5, 5.41) is 0.325. The lowest BCUT2D eigenvalue weighted by Crippen LogP contribution is -2.03. The molecule has 0 aromatic rings. The normalized spacial score (nSPS) is 11.8. The number of rotatable bonds is 12. The van der Waals surface area contributed by atoms with Gasteiger partial charge in [-0.25, -0.2) is 0 Å². The fraction of sp³-hybridized carbons (Fsp3) is 0.889. The van der Waals surface area contributed by atoms with Gasteiger partial charge in [0.25, 0.3) is 0 Å². The monoisotopic (exact) mass is 299 g/mol. The molecule has 20 heavy (non-hydrogen) atoms. The zero-order valence-corrected chi connectivity index (χ0v) is 15.0. The van der Waals surface area contributed by atoms with E-state index in [0.717, 1.165) is 12.8 Å². The Morgan fingerprint density at radius 2 is 1.30 bits per heavy atom. The Morgan fingerprint density at radius 3 is 1.75 bits per heavy atom. The average molecular weight is 300 g/mol. The van der Waals surface area contributed by atoms with Crippen LogP contribution in [0.4, 0.5) is 0 Å². The van der Waals surface area contributed by atoms with Crippen LogP contribution in [0.15, 0.2) is 0 Å². The second kappa shape index (κ2) is 12.7. The minimum Gasteiger partial charge on any atom is -0.287 e. The van der Waals surface area contributed by atoms with E-state index in [1.807, 2.05) is 12.7 Å². The Kier molecular flexibility index (Phi) is 12.8. The lowest BCUT2D eigenvalue weighted by Gasteiger charge is -2.17. The molecule has 0 heterocycles. The minimum absolute atomic E-state index is 0.325. The number of carbonyl (C=O) groups excluding carboxylic acids is 1. The molecule has 0 unspecified atom stereocenters. The summed E-state index contributed by atoms with van der Waals surface area (Å²) in [6, 6.07) is 0. The molecule has 0 aliphatic rings. The molecule has 0 saturated carbocycles. The van der Waals surface area contributed by atoms with Crippen LogP contribution in [0.2, 0.25) is 0 Å². The van der Waals surface area contributed by atoms with Crippen LogP contribution in [0.5, 0.6) is 0 Å². The van der Waals surface area contributed by atoms with Crippen LogP contribution in [0.3, 0.4) is 0 Å². The summed E-state index contributed by atoms with van der Waals surface area (Å²) in [4.78, 5) is 11.3. The van der Waals surface area contributed by atoms with Gasteiger partial charge in [0.1, 0.15) is 0 Å². The maximum Gasteiger partial charge on any atom is 0.189 e. The van der Waals surface area contributed by atoms with E-state index in [1.165, 1.54) is 69.5 Å². The second-order valence-electron chi connectivity index (χ2n) is 6.97. The van der Waals surface area contributed by atoms with Gasteiger partial charge in [-0.1, -0.05) is 90.8 Å². The predicted octanol–water partition coefficient (Wildman–Crippen LogP) is 6.77. The number of carbonyl (C=O) groups is 1. The van der Waals surface area contributed by atoms with E-state index in [4.69, 9.17) is 0 Å². The first-order valence-electron chi connectivity index (χ1n) is 8.43. The molecule has 0 saturated heterocycles. The summed E-state index contributed by atoms with van der Waals surface area (Å²) in [5.41, 5.74) is 0.505. The van der Waals surface area contributed by atoms with Crippen LogP contribution < -0.4 is 0 Å². The maximum absolute atomic E-state index is 11.3. The molecule has 0 rings (SSSR count). The molecular weight excluding hydrogens is 264 g/mol. The van der Waals surface area contributed by atoms with Gasteiger partial charge in [-0.3, -0.25) is 4.79 Å². The van der Waals surface area contributed by atoms with Gasteiger partial charge in [-0.15, -0.1) is 0 Å². The summed E-state index contributed by atoms with van der Waals surface area (Å²) < 4.78 is 0. The van der Waals surface area contributed by atoms with E-state index in [9.17, 15) is 4.79 Å². The van der Waals surface area contributed by atoms with Gasteiger partial charge in [0.2, 0.25) is 0 Å². The van der Waals surface area contributed by atoms with Crippen molar-refractivity contribution in [3.63, 3.8) is 0 Å². The topological polar surface area (TPSA) is 17.1 Å². The standard InChI is InChI=1S/C18H35OS/c1-5-20-17(19)15-13-11-9-7-6-8-10-12-14-16-18(2,3)4/h5H,6-16H2,1-4H3. The van der Waals surface area contributed by atoms with E-state index in [1.54, 1.807) is 0 Å². The zero-order valence-electron chi connectivity index (χ0n) is 14.2. The minimum atomic E-state index is 0.325. The lowest BCUT2D eigenvalue weighted by molar-refractivity contribution is -0.111. The fourth-order valence-corrected chi connectivity index (χ4v) is 2.88. The van der Waals surface area contributed by atoms with Crippen LogP contribution in [0, 0.1) is 11.2 Å². The Hall–Kier alpha value is 0.0200. The Balaban J connectivity index is 3.12. The molecule has 0 aliphatic heterocycles. The molecule has 0 amide bonds. The largest absolute Gasteiger partial charge is 0.287 e. The van der Waals surface area contributed by atoms with E-state index in [-0.39, 0.29) is 0 Å². The highest BCUT2D eigenvalue weighted by atomic mass is 32.2. The van der Waals surface area contributed by atoms with Crippen molar-refractivity contribution >= 4 is 16.9 Å². The van der Waals surface area contributed by atoms with Crippen molar-refractivity contribution in [3.8, 4) is 0 Å². The van der Waals surface area contributed by atoms with Crippen molar-refractivity contribution in [2.75, 3.05) is 0 Å². The van der Waals surface area contributed by atoms with Crippen LogP contribution in [0.1, 0.15) is 98.3 Å². The highest BCUT2D eigenvalue weighted by Gasteiger charge is 2.08. The van der Waals surface area contributed by atoms with Crippen LogP contribution in [-0.4, -0.2) is 5.12 Å². The Bertz CT molecular complexity index is 230. The highest BCUT2D eigenvalue weighted by molar-refractivity contribution is 8.15. The number of thioether (sulfide) groups is 1. The fourth-order valence-electron chi connectivity index (χ4n) is 2.35. The molecule has 0 aromatic heterocycles. The van der Waals surface area contributed by atoms with Gasteiger partial charge in [0, 0.05) is 12.2 Å². The molecular formula is C18H35OS. The van der Waals surface area contributed by atoms with Gasteiger partial charge in [0.15, 0.2) is 5.12 Å².